The summed E-state index contributed by atoms with van der Waals surface area (Å²) in [5, 5.41) is 8.06. The molecule has 1 N–H and O–H groups in total. The van der Waals surface area contributed by atoms with E-state index in [1.807, 2.05) is 25.2 Å². The number of allylic oxidation sites excluding steroid dienone is 6. The van der Waals surface area contributed by atoms with Gasteiger partial charge in [-0.05, 0) is 62.3 Å². The number of nitrogens with one attached hydrogen (secondary N) is 1. The summed E-state index contributed by atoms with van der Waals surface area (Å²) < 4.78 is 0. The van der Waals surface area contributed by atoms with E-state index in [0.717, 1.165) is 29.1 Å². The number of ketones is 1. The van der Waals surface area contributed by atoms with Crippen LogP contribution < -0.4 is 0 Å². The molecule has 84 valence electrons. The molecule has 2 aliphatic carbocycles. The number of carbonyl (C=O) groups is 1. The fourth-order valence-corrected chi connectivity index (χ4v) is 1.95. The lowest BCUT2D eigenvalue weighted by atomic mass is 9.88. The highest BCUT2D eigenvalue weighted by molar-refractivity contribution is 6.16. The lowest BCUT2D eigenvalue weighted by Crippen LogP contribution is -2.12. The van der Waals surface area contributed by atoms with Gasteiger partial charge in [0.1, 0.15) is 0 Å². The van der Waals surface area contributed by atoms with Gasteiger partial charge in [-0.15, -0.1) is 0 Å². The first-order valence-electron chi connectivity index (χ1n) is 5.80. The molecule has 0 bridgehead atoms. The van der Waals surface area contributed by atoms with E-state index in [4.69, 9.17) is 5.41 Å². The Bertz CT molecular complexity index is 434. The third kappa shape index (κ3) is 2.21. The van der Waals surface area contributed by atoms with E-state index in [1.165, 1.54) is 12.8 Å². The van der Waals surface area contributed by atoms with Crippen LogP contribution in [-0.2, 0) is 4.79 Å². The van der Waals surface area contributed by atoms with Crippen molar-refractivity contribution in [2.75, 3.05) is 0 Å². The molecular formula is C14H17NO. The third-order valence-electron chi connectivity index (χ3n) is 3.17. The van der Waals surface area contributed by atoms with Crippen LogP contribution in [0.2, 0.25) is 0 Å². The molecular weight excluding hydrogens is 198 g/mol. The summed E-state index contributed by atoms with van der Waals surface area (Å²) in [6.07, 6.45) is 9.13. The lowest BCUT2D eigenvalue weighted by Gasteiger charge is -2.16. The second kappa shape index (κ2) is 4.20. The first-order valence-corrected chi connectivity index (χ1v) is 5.80. The predicted molar refractivity (Wildman–Crippen MR) is 65.7 cm³/mol. The number of carbonyl (C=O) groups excluding carboxylic acids is 1. The van der Waals surface area contributed by atoms with Crippen LogP contribution in [0, 0.1) is 11.3 Å². The van der Waals surface area contributed by atoms with Crippen molar-refractivity contribution >= 4 is 11.5 Å². The molecule has 0 saturated heterocycles. The largest absolute Gasteiger partial charge is 0.300 e. The van der Waals surface area contributed by atoms with E-state index in [-0.39, 0.29) is 5.78 Å². The molecule has 2 aliphatic rings. The van der Waals surface area contributed by atoms with Crippen molar-refractivity contribution in [3.8, 4) is 0 Å². The number of hydrogen-bond donors (Lipinski definition) is 1. The molecule has 0 atom stereocenters. The standard InChI is InChI=1S/C14H17NO/c1-3-11-7-12(9(2)16)8-13(14(11)15)6-10-4-5-10/h3,7-8,10,15H,4-6H2,1-2H3/b11-3-,15-14?. The van der Waals surface area contributed by atoms with Gasteiger partial charge in [0.15, 0.2) is 5.78 Å². The van der Waals surface area contributed by atoms with Crippen molar-refractivity contribution in [1.29, 1.82) is 5.41 Å². The van der Waals surface area contributed by atoms with Crippen LogP contribution in [0.3, 0.4) is 0 Å². The van der Waals surface area contributed by atoms with Crippen LogP contribution in [0.5, 0.6) is 0 Å². The van der Waals surface area contributed by atoms with E-state index in [9.17, 15) is 4.79 Å². The van der Waals surface area contributed by atoms with Crippen molar-refractivity contribution in [2.24, 2.45) is 5.92 Å². The van der Waals surface area contributed by atoms with Gasteiger partial charge in [0.2, 0.25) is 0 Å². The molecule has 0 spiro atoms. The van der Waals surface area contributed by atoms with Gasteiger partial charge in [0.05, 0.1) is 5.71 Å². The van der Waals surface area contributed by atoms with Gasteiger partial charge >= 0.3 is 0 Å². The van der Waals surface area contributed by atoms with Gasteiger partial charge in [0.25, 0.3) is 0 Å². The van der Waals surface area contributed by atoms with Crippen LogP contribution in [0.1, 0.15) is 33.1 Å². The maximum atomic E-state index is 11.4. The maximum Gasteiger partial charge on any atom is 0.159 e. The Labute approximate surface area is 96.2 Å². The van der Waals surface area contributed by atoms with Crippen LogP contribution in [-0.4, -0.2) is 11.5 Å². The highest BCUT2D eigenvalue weighted by atomic mass is 16.1. The van der Waals surface area contributed by atoms with E-state index >= 15 is 0 Å². The SMILES string of the molecule is C/C=C1/C=C(C(C)=O)C=C(CC2CC2)C1=N. The summed E-state index contributed by atoms with van der Waals surface area (Å²) >= 11 is 0. The van der Waals surface area contributed by atoms with Crippen LogP contribution >= 0.6 is 0 Å². The molecule has 0 aromatic carbocycles. The smallest absolute Gasteiger partial charge is 0.159 e. The molecule has 0 aliphatic heterocycles. The van der Waals surface area contributed by atoms with E-state index in [1.54, 1.807) is 6.92 Å². The summed E-state index contributed by atoms with van der Waals surface area (Å²) in [4.78, 5) is 11.4. The highest BCUT2D eigenvalue weighted by Crippen LogP contribution is 2.37. The molecule has 0 amide bonds. The molecule has 0 aromatic heterocycles. The second-order valence-electron chi connectivity index (χ2n) is 4.59. The average Bonchev–Trinajstić information content (AvgIpc) is 3.04. The summed E-state index contributed by atoms with van der Waals surface area (Å²) in [5.74, 6) is 0.830. The zero-order valence-electron chi connectivity index (χ0n) is 9.84. The quantitative estimate of drug-likeness (QED) is 0.771. The lowest BCUT2D eigenvalue weighted by molar-refractivity contribution is -0.113. The van der Waals surface area contributed by atoms with Gasteiger partial charge < -0.3 is 0 Å². The van der Waals surface area contributed by atoms with Crippen LogP contribution in [0.4, 0.5) is 0 Å². The molecule has 2 heteroatoms. The van der Waals surface area contributed by atoms with E-state index < -0.39 is 0 Å². The van der Waals surface area contributed by atoms with Crippen LogP contribution in [0.25, 0.3) is 0 Å². The molecule has 2 rings (SSSR count). The van der Waals surface area contributed by atoms with Gasteiger partial charge in [-0.1, -0.05) is 6.08 Å². The third-order valence-corrected chi connectivity index (χ3v) is 3.17. The first kappa shape index (κ1) is 11.1. The van der Waals surface area contributed by atoms with Crippen molar-refractivity contribution in [3.05, 3.63) is 34.9 Å². The Kier molecular flexibility index (Phi) is 2.90. The van der Waals surface area contributed by atoms with E-state index in [0.29, 0.717) is 5.71 Å². The van der Waals surface area contributed by atoms with Crippen molar-refractivity contribution in [1.82, 2.24) is 0 Å². The monoisotopic (exact) mass is 215 g/mol. The molecule has 16 heavy (non-hydrogen) atoms. The van der Waals surface area contributed by atoms with Gasteiger partial charge in [-0.3, -0.25) is 10.2 Å². The Morgan fingerprint density at radius 2 is 2.19 bits per heavy atom. The molecule has 0 heterocycles. The molecule has 0 radical (unpaired) electrons. The molecule has 0 unspecified atom stereocenters. The van der Waals surface area contributed by atoms with Gasteiger partial charge in [-0.2, -0.15) is 0 Å². The number of hydrogen-bond acceptors (Lipinski definition) is 2. The summed E-state index contributed by atoms with van der Waals surface area (Å²) in [7, 11) is 0. The van der Waals surface area contributed by atoms with Crippen molar-refractivity contribution in [2.45, 2.75) is 33.1 Å². The van der Waals surface area contributed by atoms with Gasteiger partial charge in [0, 0.05) is 5.57 Å². The molecule has 0 aromatic rings. The fraction of sp³-hybridized carbons (Fsp3) is 0.429. The van der Waals surface area contributed by atoms with Gasteiger partial charge in [-0.25, -0.2) is 0 Å². The zero-order chi connectivity index (χ0) is 11.7. The Balaban J connectivity index is 2.30. The van der Waals surface area contributed by atoms with Crippen LogP contribution in [0.15, 0.2) is 34.9 Å². The summed E-state index contributed by atoms with van der Waals surface area (Å²) in [6.45, 7) is 3.50. The molecule has 1 fully saturated rings. The number of Topliss-reactive ketones (excluding diaryl/α,β-unsaturated/α-hetero) is 1. The van der Waals surface area contributed by atoms with E-state index in [2.05, 4.69) is 0 Å². The Morgan fingerprint density at radius 3 is 2.69 bits per heavy atom. The molecule has 2 nitrogen and oxygen atoms in total. The first-order chi connectivity index (χ1) is 7.61. The molecule has 1 saturated carbocycles. The topological polar surface area (TPSA) is 40.9 Å². The van der Waals surface area contributed by atoms with Crippen molar-refractivity contribution < 1.29 is 4.79 Å². The normalized spacial score (nSPS) is 23.1. The second-order valence-corrected chi connectivity index (χ2v) is 4.59. The summed E-state index contributed by atoms with van der Waals surface area (Å²) in [5.41, 5.74) is 3.24. The average molecular weight is 215 g/mol. The fourth-order valence-electron chi connectivity index (χ4n) is 1.95. The maximum absolute atomic E-state index is 11.4. The predicted octanol–water partition coefficient (Wildman–Crippen LogP) is 3.21. The Hall–Kier alpha value is -1.44. The number of rotatable bonds is 3. The summed E-state index contributed by atoms with van der Waals surface area (Å²) in [6, 6.07) is 0. The Morgan fingerprint density at radius 1 is 1.50 bits per heavy atom. The minimum absolute atomic E-state index is 0.0835. The highest BCUT2D eigenvalue weighted by Gasteiger charge is 2.26. The minimum Gasteiger partial charge on any atom is -0.300 e. The van der Waals surface area contributed by atoms with Crippen molar-refractivity contribution in [3.63, 3.8) is 0 Å². The minimum atomic E-state index is 0.0835. The zero-order valence-corrected chi connectivity index (χ0v) is 9.84.